The molecule has 17 heavy (non-hydrogen) atoms. The van der Waals surface area contributed by atoms with Crippen molar-refractivity contribution in [2.24, 2.45) is 0 Å². The van der Waals surface area contributed by atoms with Gasteiger partial charge in [0.05, 0.1) is 17.1 Å². The average Bonchev–Trinajstić information content (AvgIpc) is 2.61. The Bertz CT molecular complexity index is 526. The Kier molecular flexibility index (Phi) is 3.28. The number of nitrogens with one attached hydrogen (secondary N) is 2. The lowest BCUT2D eigenvalue weighted by molar-refractivity contribution is 0.102. The van der Waals surface area contributed by atoms with Crippen molar-refractivity contribution in [3.05, 3.63) is 45.7 Å². The summed E-state index contributed by atoms with van der Waals surface area (Å²) < 4.78 is 0.949. The number of halogens is 1. The second-order valence-electron chi connectivity index (χ2n) is 3.77. The largest absolute Gasteiger partial charge is 0.319 e. The Morgan fingerprint density at radius 1 is 1.29 bits per heavy atom. The van der Waals surface area contributed by atoms with Crippen LogP contribution in [-0.4, -0.2) is 16.1 Å². The zero-order valence-corrected chi connectivity index (χ0v) is 11.1. The molecule has 0 atom stereocenters. The number of rotatable bonds is 2. The van der Waals surface area contributed by atoms with Gasteiger partial charge in [0.25, 0.3) is 5.91 Å². The van der Waals surface area contributed by atoms with Gasteiger partial charge in [-0.2, -0.15) is 5.10 Å². The standard InChI is InChI=1S/C12H12BrN3O/c1-7-11(8(2)16-15-7)14-12(17)9-3-5-10(13)6-4-9/h3-6H,1-2H3,(H,14,17)(H,15,16). The first-order valence-electron chi connectivity index (χ1n) is 5.16. The first-order valence-corrected chi connectivity index (χ1v) is 5.95. The topological polar surface area (TPSA) is 57.8 Å². The van der Waals surface area contributed by atoms with Gasteiger partial charge in [-0.3, -0.25) is 9.89 Å². The molecule has 0 aliphatic carbocycles. The van der Waals surface area contributed by atoms with Crippen LogP contribution in [0.4, 0.5) is 5.69 Å². The van der Waals surface area contributed by atoms with Crippen LogP contribution in [-0.2, 0) is 0 Å². The van der Waals surface area contributed by atoms with E-state index in [2.05, 4.69) is 31.4 Å². The number of hydrogen-bond donors (Lipinski definition) is 2. The average molecular weight is 294 g/mol. The third-order valence-electron chi connectivity index (χ3n) is 2.47. The van der Waals surface area contributed by atoms with Crippen molar-refractivity contribution in [1.82, 2.24) is 10.2 Å². The molecule has 2 aromatic rings. The molecule has 0 saturated heterocycles. The molecule has 1 aromatic carbocycles. The van der Waals surface area contributed by atoms with Crippen LogP contribution in [0.2, 0.25) is 0 Å². The normalized spacial score (nSPS) is 10.3. The van der Waals surface area contributed by atoms with E-state index in [4.69, 9.17) is 0 Å². The fraction of sp³-hybridized carbons (Fsp3) is 0.167. The maximum atomic E-state index is 12.0. The molecule has 2 N–H and O–H groups in total. The highest BCUT2D eigenvalue weighted by atomic mass is 79.9. The number of aromatic nitrogens is 2. The van der Waals surface area contributed by atoms with E-state index in [-0.39, 0.29) is 5.91 Å². The minimum Gasteiger partial charge on any atom is -0.319 e. The molecule has 0 saturated carbocycles. The fourth-order valence-electron chi connectivity index (χ4n) is 1.52. The van der Waals surface area contributed by atoms with Gasteiger partial charge in [0.2, 0.25) is 0 Å². The van der Waals surface area contributed by atoms with Crippen molar-refractivity contribution in [3.63, 3.8) is 0 Å². The Hall–Kier alpha value is -1.62. The fourth-order valence-corrected chi connectivity index (χ4v) is 1.79. The molecule has 0 radical (unpaired) electrons. The van der Waals surface area contributed by atoms with Crippen LogP contribution in [0.15, 0.2) is 28.7 Å². The van der Waals surface area contributed by atoms with Gasteiger partial charge in [0, 0.05) is 10.0 Å². The van der Waals surface area contributed by atoms with Crippen molar-refractivity contribution >= 4 is 27.5 Å². The van der Waals surface area contributed by atoms with E-state index >= 15 is 0 Å². The number of aryl methyl sites for hydroxylation is 2. The van der Waals surface area contributed by atoms with Gasteiger partial charge in [0.1, 0.15) is 0 Å². The molecule has 1 heterocycles. The Morgan fingerprint density at radius 3 is 2.47 bits per heavy atom. The molecule has 1 amide bonds. The van der Waals surface area contributed by atoms with Gasteiger partial charge >= 0.3 is 0 Å². The monoisotopic (exact) mass is 293 g/mol. The predicted molar refractivity (Wildman–Crippen MR) is 70.2 cm³/mol. The summed E-state index contributed by atoms with van der Waals surface area (Å²) in [5, 5.41) is 9.71. The molecule has 88 valence electrons. The van der Waals surface area contributed by atoms with E-state index < -0.39 is 0 Å². The molecule has 0 spiro atoms. The van der Waals surface area contributed by atoms with Gasteiger partial charge in [-0.05, 0) is 38.1 Å². The second-order valence-corrected chi connectivity index (χ2v) is 4.69. The smallest absolute Gasteiger partial charge is 0.255 e. The van der Waals surface area contributed by atoms with Crippen molar-refractivity contribution < 1.29 is 4.79 Å². The van der Waals surface area contributed by atoms with Crippen LogP contribution in [0.1, 0.15) is 21.7 Å². The molecule has 5 heteroatoms. The summed E-state index contributed by atoms with van der Waals surface area (Å²) in [7, 11) is 0. The van der Waals surface area contributed by atoms with Gasteiger partial charge in [-0.25, -0.2) is 0 Å². The lowest BCUT2D eigenvalue weighted by Crippen LogP contribution is -2.12. The van der Waals surface area contributed by atoms with Crippen molar-refractivity contribution in [1.29, 1.82) is 0 Å². The molecule has 0 fully saturated rings. The van der Waals surface area contributed by atoms with E-state index in [1.807, 2.05) is 26.0 Å². The number of H-pyrrole nitrogens is 1. The Labute approximate surface area is 108 Å². The number of anilines is 1. The summed E-state index contributed by atoms with van der Waals surface area (Å²) in [4.78, 5) is 12.0. The Morgan fingerprint density at radius 2 is 1.94 bits per heavy atom. The van der Waals surface area contributed by atoms with E-state index in [9.17, 15) is 4.79 Å². The molecule has 0 unspecified atom stereocenters. The van der Waals surface area contributed by atoms with Crippen molar-refractivity contribution in [3.8, 4) is 0 Å². The van der Waals surface area contributed by atoms with Crippen molar-refractivity contribution in [2.45, 2.75) is 13.8 Å². The van der Waals surface area contributed by atoms with Crippen LogP contribution >= 0.6 is 15.9 Å². The molecule has 0 aliphatic heterocycles. The summed E-state index contributed by atoms with van der Waals surface area (Å²) in [5.41, 5.74) is 3.01. The maximum absolute atomic E-state index is 12.0. The summed E-state index contributed by atoms with van der Waals surface area (Å²) in [5.74, 6) is -0.134. The summed E-state index contributed by atoms with van der Waals surface area (Å²) in [6.45, 7) is 3.72. The zero-order valence-electron chi connectivity index (χ0n) is 9.54. The first-order chi connectivity index (χ1) is 8.08. The van der Waals surface area contributed by atoms with E-state index in [1.54, 1.807) is 12.1 Å². The summed E-state index contributed by atoms with van der Waals surface area (Å²) >= 11 is 3.33. The minimum atomic E-state index is -0.134. The van der Waals surface area contributed by atoms with Crippen molar-refractivity contribution in [2.75, 3.05) is 5.32 Å². The Balaban J connectivity index is 2.20. The molecule has 1 aromatic heterocycles. The summed E-state index contributed by atoms with van der Waals surface area (Å²) in [6, 6.07) is 7.21. The van der Waals surface area contributed by atoms with E-state index in [0.29, 0.717) is 5.56 Å². The predicted octanol–water partition coefficient (Wildman–Crippen LogP) is 3.04. The zero-order chi connectivity index (χ0) is 12.4. The molecule has 0 aliphatic rings. The number of aromatic amines is 1. The van der Waals surface area contributed by atoms with Gasteiger partial charge in [-0.15, -0.1) is 0 Å². The lowest BCUT2D eigenvalue weighted by Gasteiger charge is -2.05. The number of carbonyl (C=O) groups excluding carboxylic acids is 1. The number of carbonyl (C=O) groups is 1. The highest BCUT2D eigenvalue weighted by Crippen LogP contribution is 2.18. The molecular weight excluding hydrogens is 282 g/mol. The van der Waals surface area contributed by atoms with Crippen LogP contribution < -0.4 is 5.32 Å². The van der Waals surface area contributed by atoms with Gasteiger partial charge in [-0.1, -0.05) is 15.9 Å². The maximum Gasteiger partial charge on any atom is 0.255 e. The second kappa shape index (κ2) is 4.71. The number of amides is 1. The minimum absolute atomic E-state index is 0.134. The molecular formula is C12H12BrN3O. The molecule has 2 rings (SSSR count). The summed E-state index contributed by atoms with van der Waals surface area (Å²) in [6.07, 6.45) is 0. The molecule has 0 bridgehead atoms. The third kappa shape index (κ3) is 2.55. The van der Waals surface area contributed by atoms with Gasteiger partial charge < -0.3 is 5.32 Å². The highest BCUT2D eigenvalue weighted by molar-refractivity contribution is 9.10. The third-order valence-corrected chi connectivity index (χ3v) is 3.00. The molecule has 4 nitrogen and oxygen atoms in total. The van der Waals surface area contributed by atoms with Crippen LogP contribution in [0.25, 0.3) is 0 Å². The van der Waals surface area contributed by atoms with E-state index in [0.717, 1.165) is 21.5 Å². The lowest BCUT2D eigenvalue weighted by atomic mass is 10.2. The van der Waals surface area contributed by atoms with Crippen LogP contribution in [0.3, 0.4) is 0 Å². The van der Waals surface area contributed by atoms with Crippen LogP contribution in [0, 0.1) is 13.8 Å². The first kappa shape index (κ1) is 11.9. The highest BCUT2D eigenvalue weighted by Gasteiger charge is 2.11. The SMILES string of the molecule is Cc1n[nH]c(C)c1NC(=O)c1ccc(Br)cc1. The van der Waals surface area contributed by atoms with Gasteiger partial charge in [0.15, 0.2) is 0 Å². The number of benzene rings is 1. The quantitative estimate of drug-likeness (QED) is 0.894. The van der Waals surface area contributed by atoms with Crippen LogP contribution in [0.5, 0.6) is 0 Å². The number of hydrogen-bond acceptors (Lipinski definition) is 2. The number of nitrogens with zero attached hydrogens (tertiary/aromatic N) is 1. The van der Waals surface area contributed by atoms with E-state index in [1.165, 1.54) is 0 Å².